The summed E-state index contributed by atoms with van der Waals surface area (Å²) >= 11 is 0. The van der Waals surface area contributed by atoms with Gasteiger partial charge in [-0.25, -0.2) is 0 Å². The summed E-state index contributed by atoms with van der Waals surface area (Å²) in [5, 5.41) is 8.48. The smallest absolute Gasteiger partial charge is 0.0615 e. The van der Waals surface area contributed by atoms with Gasteiger partial charge in [-0.2, -0.15) is 0 Å². The molecule has 0 saturated heterocycles. The van der Waals surface area contributed by atoms with E-state index in [1.54, 1.807) is 6.08 Å². The summed E-state index contributed by atoms with van der Waals surface area (Å²) in [6, 6.07) is 8.29. The quantitative estimate of drug-likeness (QED) is 0.698. The number of benzene rings is 1. The minimum Gasteiger partial charge on any atom is -0.392 e. The largest absolute Gasteiger partial charge is 0.392 e. The first-order valence-corrected chi connectivity index (χ1v) is 4.33. The monoisotopic (exact) mass is 174 g/mol. The molecule has 0 amide bonds. The van der Waals surface area contributed by atoms with Crippen molar-refractivity contribution >= 4 is 6.08 Å². The molecule has 0 heterocycles. The standard InChI is InChI=1S/C12H14O/c1-11-6-8-12(9-7-11)5-3-2-4-10-13/h2-9,13H,10H2,1H3. The first-order chi connectivity index (χ1) is 6.33. The third kappa shape index (κ3) is 3.72. The van der Waals surface area contributed by atoms with Crippen molar-refractivity contribution in [3.63, 3.8) is 0 Å². The van der Waals surface area contributed by atoms with Gasteiger partial charge in [0.25, 0.3) is 0 Å². The number of hydrogen-bond acceptors (Lipinski definition) is 1. The minimum atomic E-state index is 0.0955. The summed E-state index contributed by atoms with van der Waals surface area (Å²) in [7, 11) is 0. The van der Waals surface area contributed by atoms with Crippen molar-refractivity contribution in [1.82, 2.24) is 0 Å². The Bertz CT molecular complexity index is 293. The van der Waals surface area contributed by atoms with Crippen molar-refractivity contribution in [2.45, 2.75) is 6.92 Å². The van der Waals surface area contributed by atoms with Crippen LogP contribution in [0.25, 0.3) is 6.08 Å². The highest BCUT2D eigenvalue weighted by Crippen LogP contribution is 2.04. The Morgan fingerprint density at radius 3 is 2.46 bits per heavy atom. The predicted molar refractivity (Wildman–Crippen MR) is 56.4 cm³/mol. The van der Waals surface area contributed by atoms with Gasteiger partial charge in [-0.05, 0) is 12.5 Å². The molecule has 0 unspecified atom stereocenters. The average molecular weight is 174 g/mol. The van der Waals surface area contributed by atoms with Crippen LogP contribution < -0.4 is 0 Å². The van der Waals surface area contributed by atoms with Gasteiger partial charge in [-0.15, -0.1) is 0 Å². The van der Waals surface area contributed by atoms with Crippen LogP contribution in [-0.2, 0) is 0 Å². The molecule has 0 bridgehead atoms. The number of allylic oxidation sites excluding steroid dienone is 2. The summed E-state index contributed by atoms with van der Waals surface area (Å²) in [6.45, 7) is 2.16. The first-order valence-electron chi connectivity index (χ1n) is 4.33. The summed E-state index contributed by atoms with van der Waals surface area (Å²) in [6.07, 6.45) is 7.46. The molecular formula is C12H14O. The van der Waals surface area contributed by atoms with Crippen molar-refractivity contribution < 1.29 is 5.11 Å². The van der Waals surface area contributed by atoms with E-state index >= 15 is 0 Å². The summed E-state index contributed by atoms with van der Waals surface area (Å²) in [5.41, 5.74) is 2.44. The Kier molecular flexibility index (Phi) is 4.00. The number of hydrogen-bond donors (Lipinski definition) is 1. The Morgan fingerprint density at radius 2 is 1.85 bits per heavy atom. The fourth-order valence-corrected chi connectivity index (χ4v) is 0.984. The van der Waals surface area contributed by atoms with Crippen LogP contribution >= 0.6 is 0 Å². The van der Waals surface area contributed by atoms with E-state index in [0.29, 0.717) is 0 Å². The highest BCUT2D eigenvalue weighted by atomic mass is 16.2. The zero-order valence-corrected chi connectivity index (χ0v) is 7.77. The van der Waals surface area contributed by atoms with Crippen LogP contribution in [0.4, 0.5) is 0 Å². The molecule has 1 N–H and O–H groups in total. The van der Waals surface area contributed by atoms with E-state index in [0.717, 1.165) is 0 Å². The number of rotatable bonds is 3. The average Bonchev–Trinajstić information content (AvgIpc) is 2.15. The highest BCUT2D eigenvalue weighted by molar-refractivity contribution is 5.51. The van der Waals surface area contributed by atoms with Crippen molar-refractivity contribution in [3.8, 4) is 0 Å². The van der Waals surface area contributed by atoms with Crippen LogP contribution in [0.1, 0.15) is 11.1 Å². The van der Waals surface area contributed by atoms with Gasteiger partial charge in [0, 0.05) is 0 Å². The highest BCUT2D eigenvalue weighted by Gasteiger charge is 1.84. The van der Waals surface area contributed by atoms with E-state index in [2.05, 4.69) is 31.2 Å². The lowest BCUT2D eigenvalue weighted by atomic mass is 10.1. The van der Waals surface area contributed by atoms with E-state index in [1.165, 1.54) is 11.1 Å². The van der Waals surface area contributed by atoms with E-state index in [-0.39, 0.29) is 6.61 Å². The molecular weight excluding hydrogens is 160 g/mol. The fourth-order valence-electron chi connectivity index (χ4n) is 0.984. The predicted octanol–water partition coefficient (Wildman–Crippen LogP) is 2.56. The second-order valence-electron chi connectivity index (χ2n) is 2.88. The van der Waals surface area contributed by atoms with Gasteiger partial charge in [0.2, 0.25) is 0 Å². The van der Waals surface area contributed by atoms with Crippen LogP contribution in [0.2, 0.25) is 0 Å². The Hall–Kier alpha value is -1.34. The Morgan fingerprint density at radius 1 is 1.15 bits per heavy atom. The molecule has 0 aliphatic carbocycles. The van der Waals surface area contributed by atoms with Crippen LogP contribution in [0.5, 0.6) is 0 Å². The van der Waals surface area contributed by atoms with E-state index in [4.69, 9.17) is 5.11 Å². The molecule has 13 heavy (non-hydrogen) atoms. The molecule has 1 nitrogen and oxygen atoms in total. The lowest BCUT2D eigenvalue weighted by molar-refractivity contribution is 0.343. The minimum absolute atomic E-state index is 0.0955. The fraction of sp³-hybridized carbons (Fsp3) is 0.167. The van der Waals surface area contributed by atoms with Gasteiger partial charge in [0.15, 0.2) is 0 Å². The lowest BCUT2D eigenvalue weighted by Gasteiger charge is -1.92. The lowest BCUT2D eigenvalue weighted by Crippen LogP contribution is -1.73. The molecule has 0 fully saturated rings. The molecule has 68 valence electrons. The van der Waals surface area contributed by atoms with Gasteiger partial charge >= 0.3 is 0 Å². The number of aliphatic hydroxyl groups excluding tert-OH is 1. The molecule has 0 aromatic heterocycles. The number of aryl methyl sites for hydroxylation is 1. The van der Waals surface area contributed by atoms with Crippen LogP contribution in [-0.4, -0.2) is 11.7 Å². The summed E-state index contributed by atoms with van der Waals surface area (Å²) in [5.74, 6) is 0. The maximum atomic E-state index is 8.48. The zero-order chi connectivity index (χ0) is 9.52. The van der Waals surface area contributed by atoms with Crippen molar-refractivity contribution in [2.24, 2.45) is 0 Å². The third-order valence-corrected chi connectivity index (χ3v) is 1.72. The first kappa shape index (κ1) is 9.75. The topological polar surface area (TPSA) is 20.2 Å². The normalized spacial score (nSPS) is 11.5. The third-order valence-electron chi connectivity index (χ3n) is 1.72. The van der Waals surface area contributed by atoms with Gasteiger partial charge in [-0.1, -0.05) is 54.1 Å². The molecule has 1 rings (SSSR count). The van der Waals surface area contributed by atoms with Crippen LogP contribution in [0.15, 0.2) is 42.5 Å². The molecule has 1 heteroatoms. The van der Waals surface area contributed by atoms with E-state index in [1.807, 2.05) is 18.2 Å². The van der Waals surface area contributed by atoms with E-state index < -0.39 is 0 Å². The van der Waals surface area contributed by atoms with Gasteiger partial charge in [0.05, 0.1) is 6.61 Å². The van der Waals surface area contributed by atoms with Crippen LogP contribution in [0.3, 0.4) is 0 Å². The van der Waals surface area contributed by atoms with Crippen LogP contribution in [0, 0.1) is 6.92 Å². The van der Waals surface area contributed by atoms with Gasteiger partial charge < -0.3 is 5.11 Å². The zero-order valence-electron chi connectivity index (χ0n) is 7.77. The van der Waals surface area contributed by atoms with Crippen molar-refractivity contribution in [1.29, 1.82) is 0 Å². The Balaban J connectivity index is 2.59. The SMILES string of the molecule is Cc1ccc(C=CC=CCO)cc1. The maximum Gasteiger partial charge on any atom is 0.0615 e. The molecule has 0 aliphatic rings. The van der Waals surface area contributed by atoms with Gasteiger partial charge in [-0.3, -0.25) is 0 Å². The molecule has 1 aromatic carbocycles. The maximum absolute atomic E-state index is 8.48. The van der Waals surface area contributed by atoms with Crippen molar-refractivity contribution in [2.75, 3.05) is 6.61 Å². The second kappa shape index (κ2) is 5.33. The second-order valence-corrected chi connectivity index (χ2v) is 2.88. The van der Waals surface area contributed by atoms with E-state index in [9.17, 15) is 0 Å². The molecule has 0 atom stereocenters. The molecule has 1 aromatic rings. The summed E-state index contributed by atoms with van der Waals surface area (Å²) < 4.78 is 0. The van der Waals surface area contributed by atoms with Gasteiger partial charge in [0.1, 0.15) is 0 Å². The Labute approximate surface area is 79.0 Å². The summed E-state index contributed by atoms with van der Waals surface area (Å²) in [4.78, 5) is 0. The molecule has 0 spiro atoms. The molecule has 0 saturated carbocycles. The van der Waals surface area contributed by atoms with Crippen molar-refractivity contribution in [3.05, 3.63) is 53.6 Å². The number of aliphatic hydroxyl groups is 1. The molecule has 0 aliphatic heterocycles. The molecule has 0 radical (unpaired) electrons.